The van der Waals surface area contributed by atoms with E-state index in [-0.39, 0.29) is 5.96 Å². The van der Waals surface area contributed by atoms with Crippen molar-refractivity contribution in [3.63, 3.8) is 0 Å². The lowest BCUT2D eigenvalue weighted by Crippen LogP contribution is -2.29. The van der Waals surface area contributed by atoms with Crippen LogP contribution in [0.1, 0.15) is 5.56 Å². The van der Waals surface area contributed by atoms with Crippen LogP contribution in [0.4, 0.5) is 0 Å². The molecule has 0 fully saturated rings. The highest BCUT2D eigenvalue weighted by Crippen LogP contribution is 1.93. The summed E-state index contributed by atoms with van der Waals surface area (Å²) in [5.74, 6) is 0.210. The van der Waals surface area contributed by atoms with E-state index in [9.17, 15) is 0 Å². The van der Waals surface area contributed by atoms with Crippen LogP contribution in [-0.2, 0) is 9.47 Å². The Morgan fingerprint density at radius 1 is 1.33 bits per heavy atom. The Balaban J connectivity index is 2.38. The van der Waals surface area contributed by atoms with Gasteiger partial charge in [-0.25, -0.2) is 10.4 Å². The first-order chi connectivity index (χ1) is 8.76. The molecule has 0 amide bonds. The monoisotopic (exact) mass is 250 g/mol. The number of nitrogens with zero attached hydrogens (tertiary/aromatic N) is 2. The van der Waals surface area contributed by atoms with E-state index >= 15 is 0 Å². The highest BCUT2D eigenvalue weighted by atomic mass is 16.7. The van der Waals surface area contributed by atoms with Gasteiger partial charge in [0, 0.05) is 14.2 Å². The standard InChI is InChI=1S/C12H18N4O2/c1-17-11(18-2)9-14-12(13)16-15-8-10-6-4-3-5-7-10/h3-8,11H,9H2,1-2H3,(H3,13,14,16). The minimum atomic E-state index is -0.400. The second-order valence-corrected chi connectivity index (χ2v) is 3.41. The van der Waals surface area contributed by atoms with Crippen LogP contribution in [0, 0.1) is 0 Å². The first kappa shape index (κ1) is 14.1. The fourth-order valence-electron chi connectivity index (χ4n) is 1.17. The topological polar surface area (TPSA) is 81.2 Å². The first-order valence-corrected chi connectivity index (χ1v) is 5.46. The predicted octanol–water partition coefficient (Wildman–Crippen LogP) is 0.544. The van der Waals surface area contributed by atoms with Gasteiger partial charge >= 0.3 is 0 Å². The summed E-state index contributed by atoms with van der Waals surface area (Å²) in [6, 6.07) is 9.67. The van der Waals surface area contributed by atoms with Crippen LogP contribution >= 0.6 is 0 Å². The largest absolute Gasteiger partial charge is 0.369 e. The molecule has 0 aliphatic carbocycles. The molecule has 0 saturated carbocycles. The number of hydrazone groups is 1. The second kappa shape index (κ2) is 8.21. The van der Waals surface area contributed by atoms with Crippen molar-refractivity contribution >= 4 is 12.2 Å². The van der Waals surface area contributed by atoms with Crippen molar-refractivity contribution in [3.05, 3.63) is 35.9 Å². The molecule has 0 aliphatic rings. The van der Waals surface area contributed by atoms with Gasteiger partial charge in [0.1, 0.15) is 0 Å². The van der Waals surface area contributed by atoms with Crippen LogP contribution in [0.3, 0.4) is 0 Å². The predicted molar refractivity (Wildman–Crippen MR) is 71.5 cm³/mol. The van der Waals surface area contributed by atoms with Crippen molar-refractivity contribution in [2.24, 2.45) is 15.8 Å². The smallest absolute Gasteiger partial charge is 0.209 e. The number of nitrogens with one attached hydrogen (secondary N) is 1. The molecule has 6 heteroatoms. The van der Waals surface area contributed by atoms with E-state index in [1.54, 1.807) is 20.4 Å². The molecular weight excluding hydrogens is 232 g/mol. The van der Waals surface area contributed by atoms with E-state index in [0.29, 0.717) is 6.54 Å². The minimum absolute atomic E-state index is 0.210. The number of rotatable bonds is 6. The summed E-state index contributed by atoms with van der Waals surface area (Å²) in [6.07, 6.45) is 1.26. The van der Waals surface area contributed by atoms with Crippen LogP contribution in [0.2, 0.25) is 0 Å². The number of aliphatic imine (C=N–C) groups is 1. The Morgan fingerprint density at radius 3 is 2.61 bits per heavy atom. The van der Waals surface area contributed by atoms with Gasteiger partial charge in [0.25, 0.3) is 0 Å². The summed E-state index contributed by atoms with van der Waals surface area (Å²) in [4.78, 5) is 4.02. The van der Waals surface area contributed by atoms with Crippen molar-refractivity contribution in [1.29, 1.82) is 0 Å². The summed E-state index contributed by atoms with van der Waals surface area (Å²) >= 11 is 0. The van der Waals surface area contributed by atoms with Crippen LogP contribution in [-0.4, -0.2) is 39.2 Å². The van der Waals surface area contributed by atoms with Crippen molar-refractivity contribution in [2.75, 3.05) is 20.8 Å². The SMILES string of the molecule is COC(CN=C(N)NN=Cc1ccccc1)OC. The van der Waals surface area contributed by atoms with Crippen molar-refractivity contribution < 1.29 is 9.47 Å². The molecule has 0 aliphatic heterocycles. The van der Waals surface area contributed by atoms with E-state index in [4.69, 9.17) is 15.2 Å². The van der Waals surface area contributed by atoms with E-state index < -0.39 is 6.29 Å². The molecule has 0 heterocycles. The average molecular weight is 250 g/mol. The summed E-state index contributed by atoms with van der Waals surface area (Å²) in [6.45, 7) is 0.312. The van der Waals surface area contributed by atoms with Crippen LogP contribution in [0.15, 0.2) is 40.4 Å². The molecule has 98 valence electrons. The van der Waals surface area contributed by atoms with E-state index in [1.165, 1.54) is 0 Å². The lowest BCUT2D eigenvalue weighted by molar-refractivity contribution is -0.0937. The van der Waals surface area contributed by atoms with Crippen LogP contribution in [0.5, 0.6) is 0 Å². The Hall–Kier alpha value is -1.92. The molecule has 1 aromatic rings. The number of nitrogens with two attached hydrogens (primary N) is 1. The summed E-state index contributed by atoms with van der Waals surface area (Å²) in [5, 5.41) is 3.96. The van der Waals surface area contributed by atoms with E-state index in [0.717, 1.165) is 5.56 Å². The molecule has 0 aromatic heterocycles. The lowest BCUT2D eigenvalue weighted by atomic mass is 10.2. The van der Waals surface area contributed by atoms with Gasteiger partial charge < -0.3 is 15.2 Å². The zero-order chi connectivity index (χ0) is 13.2. The van der Waals surface area contributed by atoms with Crippen LogP contribution < -0.4 is 11.2 Å². The summed E-state index contributed by atoms with van der Waals surface area (Å²) in [7, 11) is 3.09. The number of hydrogen-bond donors (Lipinski definition) is 2. The minimum Gasteiger partial charge on any atom is -0.369 e. The molecule has 3 N–H and O–H groups in total. The third-order valence-electron chi connectivity index (χ3n) is 2.13. The molecule has 0 saturated heterocycles. The molecule has 1 rings (SSSR count). The summed E-state index contributed by atoms with van der Waals surface area (Å²) < 4.78 is 9.95. The Labute approximate surface area is 106 Å². The third-order valence-corrected chi connectivity index (χ3v) is 2.13. The van der Waals surface area contributed by atoms with E-state index in [2.05, 4.69) is 15.5 Å². The summed E-state index contributed by atoms with van der Waals surface area (Å²) in [5.41, 5.74) is 9.21. The maximum Gasteiger partial charge on any atom is 0.209 e. The van der Waals surface area contributed by atoms with Gasteiger partial charge in [-0.15, -0.1) is 0 Å². The van der Waals surface area contributed by atoms with Gasteiger partial charge in [-0.1, -0.05) is 30.3 Å². The van der Waals surface area contributed by atoms with Crippen molar-refractivity contribution in [2.45, 2.75) is 6.29 Å². The highest BCUT2D eigenvalue weighted by Gasteiger charge is 2.02. The first-order valence-electron chi connectivity index (χ1n) is 5.46. The average Bonchev–Trinajstić information content (AvgIpc) is 2.41. The molecule has 18 heavy (non-hydrogen) atoms. The Morgan fingerprint density at radius 2 is 2.00 bits per heavy atom. The van der Waals surface area contributed by atoms with Gasteiger partial charge in [-0.05, 0) is 5.56 Å². The molecule has 0 atom stereocenters. The molecule has 6 nitrogen and oxygen atoms in total. The normalized spacial score (nSPS) is 12.3. The molecule has 1 aromatic carbocycles. The van der Waals surface area contributed by atoms with Gasteiger partial charge in [-0.3, -0.25) is 0 Å². The quantitative estimate of drug-likeness (QED) is 0.334. The van der Waals surface area contributed by atoms with E-state index in [1.807, 2.05) is 30.3 Å². The number of hydrogen-bond acceptors (Lipinski definition) is 4. The zero-order valence-corrected chi connectivity index (χ0v) is 10.5. The van der Waals surface area contributed by atoms with Gasteiger partial charge in [-0.2, -0.15) is 5.10 Å². The second-order valence-electron chi connectivity index (χ2n) is 3.41. The number of ether oxygens (including phenoxy) is 2. The fraction of sp³-hybridized carbons (Fsp3) is 0.333. The van der Waals surface area contributed by atoms with Gasteiger partial charge in [0.15, 0.2) is 6.29 Å². The Bertz CT molecular complexity index is 388. The molecule has 0 unspecified atom stereocenters. The van der Waals surface area contributed by atoms with Crippen molar-refractivity contribution in [1.82, 2.24) is 5.43 Å². The number of guanidine groups is 1. The zero-order valence-electron chi connectivity index (χ0n) is 10.5. The van der Waals surface area contributed by atoms with Crippen molar-refractivity contribution in [3.8, 4) is 0 Å². The van der Waals surface area contributed by atoms with Gasteiger partial charge in [0.05, 0.1) is 12.8 Å². The maximum atomic E-state index is 5.61. The number of benzene rings is 1. The highest BCUT2D eigenvalue weighted by molar-refractivity contribution is 5.82. The molecule has 0 spiro atoms. The fourth-order valence-corrected chi connectivity index (χ4v) is 1.17. The molecule has 0 radical (unpaired) electrons. The third kappa shape index (κ3) is 5.42. The lowest BCUT2D eigenvalue weighted by Gasteiger charge is -2.10. The maximum absolute atomic E-state index is 5.61. The molecule has 0 bridgehead atoms. The Kier molecular flexibility index (Phi) is 6.45. The number of methoxy groups -OCH3 is 2. The molecular formula is C12H18N4O2. The van der Waals surface area contributed by atoms with Crippen LogP contribution in [0.25, 0.3) is 0 Å². The van der Waals surface area contributed by atoms with Gasteiger partial charge in [0.2, 0.25) is 5.96 Å².